The summed E-state index contributed by atoms with van der Waals surface area (Å²) in [6.07, 6.45) is 9.29. The van der Waals surface area contributed by atoms with Crippen LogP contribution in [-0.2, 0) is 73.7 Å². The second kappa shape index (κ2) is 32.4. The predicted octanol–water partition coefficient (Wildman–Crippen LogP) is 8.00. The second-order valence-electron chi connectivity index (χ2n) is 22.2. The molecule has 416 valence electrons. The summed E-state index contributed by atoms with van der Waals surface area (Å²) in [5.74, 6) is -2.82. The molecule has 75 heavy (non-hydrogen) atoms. The molecule has 0 spiro atoms. The topological polar surface area (TPSA) is 249 Å². The summed E-state index contributed by atoms with van der Waals surface area (Å²) in [7, 11) is 0. The van der Waals surface area contributed by atoms with Crippen LogP contribution in [0.5, 0.6) is 0 Å². The van der Waals surface area contributed by atoms with Gasteiger partial charge in [-0.05, 0) is 138 Å². The highest BCUT2D eigenvalue weighted by atomic mass is 16.6. The Bertz CT molecular complexity index is 2220. The monoisotopic (exact) mass is 1050 g/mol. The number of rotatable bonds is 34. The Morgan fingerprint density at radius 2 is 1.16 bits per heavy atom. The number of urea groups is 1. The Balaban J connectivity index is 1.41. The molecule has 0 saturated heterocycles. The van der Waals surface area contributed by atoms with E-state index < -0.39 is 64.8 Å². The van der Waals surface area contributed by atoms with Gasteiger partial charge in [0, 0.05) is 44.8 Å². The largest absolute Gasteiger partial charge is 0.460 e. The number of nitrogens with zero attached hydrogens (tertiary/aromatic N) is 3. The molecule has 0 fully saturated rings. The number of carbonyl (C=O) groups excluding carboxylic acids is 7. The zero-order valence-electron chi connectivity index (χ0n) is 46.2. The molecule has 2 aromatic carbocycles. The lowest BCUT2D eigenvalue weighted by Gasteiger charge is -2.27. The van der Waals surface area contributed by atoms with Crippen LogP contribution >= 0.6 is 0 Å². The number of hydrogen-bond acceptors (Lipinski definition) is 14. The lowest BCUT2D eigenvalue weighted by molar-refractivity contribution is -0.159. The Hall–Kier alpha value is -6.01. The third-order valence-corrected chi connectivity index (χ3v) is 11.5. The number of nitrogens with two attached hydrogens (primary N) is 1. The first-order valence-corrected chi connectivity index (χ1v) is 26.7. The van der Waals surface area contributed by atoms with Crippen molar-refractivity contribution < 1.29 is 52.5 Å². The van der Waals surface area contributed by atoms with Crippen LogP contribution in [0.3, 0.4) is 0 Å². The van der Waals surface area contributed by atoms with Gasteiger partial charge < -0.3 is 40.6 Å². The SMILES string of the molecule is CC(C)(C)OC(=O)CC[C@H](NC(=O)N[C@@H](CCCCn1cc(COCCCCCCCC(=O)C[C@@H](Cc2ccccc2)C(=O)NC(Cc2ccccc2)C(=O)CCCN)nn1)C(=O)OC(C)(C)C)C(=O)OC(C)(C)C. The third-order valence-electron chi connectivity index (χ3n) is 11.5. The van der Waals surface area contributed by atoms with Crippen molar-refractivity contribution in [3.8, 4) is 0 Å². The van der Waals surface area contributed by atoms with E-state index in [2.05, 4.69) is 26.3 Å². The Labute approximate surface area is 445 Å². The highest BCUT2D eigenvalue weighted by Gasteiger charge is 2.32. The first-order chi connectivity index (χ1) is 35.4. The number of unbranched alkanes of at least 4 members (excludes halogenated alkanes) is 5. The molecule has 0 radical (unpaired) electrons. The molecule has 1 heterocycles. The first kappa shape index (κ1) is 63.3. The smallest absolute Gasteiger partial charge is 0.329 e. The summed E-state index contributed by atoms with van der Waals surface area (Å²) in [6.45, 7) is 17.2. The Morgan fingerprint density at radius 1 is 0.600 bits per heavy atom. The van der Waals surface area contributed by atoms with Crippen LogP contribution in [0.25, 0.3) is 0 Å². The average Bonchev–Trinajstić information content (AvgIpc) is 3.78. The van der Waals surface area contributed by atoms with Crippen LogP contribution in [0.15, 0.2) is 66.9 Å². The molecule has 0 aliphatic heterocycles. The number of hydrogen-bond donors (Lipinski definition) is 4. The maximum absolute atomic E-state index is 13.8. The lowest BCUT2D eigenvalue weighted by Crippen LogP contribution is -2.53. The molecule has 1 unspecified atom stereocenters. The number of ether oxygens (including phenoxy) is 4. The van der Waals surface area contributed by atoms with Crippen molar-refractivity contribution >= 4 is 41.4 Å². The van der Waals surface area contributed by atoms with Crippen molar-refractivity contribution in [2.75, 3.05) is 13.2 Å². The summed E-state index contributed by atoms with van der Waals surface area (Å²) >= 11 is 0. The fraction of sp³-hybridized carbons (Fsp3) is 0.632. The van der Waals surface area contributed by atoms with Gasteiger partial charge in [0.15, 0.2) is 5.78 Å². The summed E-state index contributed by atoms with van der Waals surface area (Å²) in [4.78, 5) is 92.4. The van der Waals surface area contributed by atoms with Gasteiger partial charge in [-0.15, -0.1) is 5.10 Å². The summed E-state index contributed by atoms with van der Waals surface area (Å²) in [6, 6.07) is 15.5. The quantitative estimate of drug-likeness (QED) is 0.0251. The van der Waals surface area contributed by atoms with Gasteiger partial charge in [0.1, 0.15) is 40.4 Å². The van der Waals surface area contributed by atoms with Gasteiger partial charge in [0.05, 0.1) is 18.8 Å². The van der Waals surface area contributed by atoms with Gasteiger partial charge >= 0.3 is 23.9 Å². The predicted molar refractivity (Wildman–Crippen MR) is 286 cm³/mol. The number of amides is 3. The van der Waals surface area contributed by atoms with Crippen molar-refractivity contribution in [2.45, 2.75) is 213 Å². The highest BCUT2D eigenvalue weighted by Crippen LogP contribution is 2.19. The van der Waals surface area contributed by atoms with E-state index in [1.807, 2.05) is 66.9 Å². The van der Waals surface area contributed by atoms with Crippen LogP contribution in [-0.4, -0.2) is 104 Å². The van der Waals surface area contributed by atoms with E-state index >= 15 is 0 Å². The number of aryl methyl sites for hydroxylation is 1. The molecule has 5 N–H and O–H groups in total. The molecule has 3 aromatic rings. The van der Waals surface area contributed by atoms with Crippen molar-refractivity contribution in [3.05, 3.63) is 83.7 Å². The minimum absolute atomic E-state index is 0.0279. The van der Waals surface area contributed by atoms with Gasteiger partial charge in [-0.25, -0.2) is 14.4 Å². The minimum Gasteiger partial charge on any atom is -0.460 e. The summed E-state index contributed by atoms with van der Waals surface area (Å²) < 4.78 is 24.1. The molecular formula is C57H87N7O11. The van der Waals surface area contributed by atoms with Gasteiger partial charge in [-0.2, -0.15) is 0 Å². The van der Waals surface area contributed by atoms with Crippen LogP contribution in [0, 0.1) is 5.92 Å². The number of aromatic nitrogens is 3. The lowest BCUT2D eigenvalue weighted by atomic mass is 9.90. The molecule has 0 saturated carbocycles. The summed E-state index contributed by atoms with van der Waals surface area (Å²) in [5.41, 5.74) is 5.87. The molecule has 0 bridgehead atoms. The van der Waals surface area contributed by atoms with Crippen molar-refractivity contribution in [3.63, 3.8) is 0 Å². The molecule has 18 nitrogen and oxygen atoms in total. The fourth-order valence-electron chi connectivity index (χ4n) is 7.99. The molecule has 3 amide bonds. The molecule has 0 aliphatic carbocycles. The van der Waals surface area contributed by atoms with Crippen molar-refractivity contribution in [1.82, 2.24) is 30.9 Å². The first-order valence-electron chi connectivity index (χ1n) is 26.7. The summed E-state index contributed by atoms with van der Waals surface area (Å²) in [5, 5.41) is 16.7. The number of nitrogens with one attached hydrogen (secondary N) is 3. The van der Waals surface area contributed by atoms with E-state index in [1.54, 1.807) is 67.0 Å². The number of carbonyl (C=O) groups is 7. The van der Waals surface area contributed by atoms with E-state index in [-0.39, 0.29) is 49.6 Å². The third kappa shape index (κ3) is 28.5. The van der Waals surface area contributed by atoms with E-state index in [0.717, 1.165) is 43.2 Å². The molecule has 3 rings (SSSR count). The van der Waals surface area contributed by atoms with Crippen molar-refractivity contribution in [1.29, 1.82) is 0 Å². The Kier molecular flexibility index (Phi) is 27.4. The van der Waals surface area contributed by atoms with E-state index in [1.165, 1.54) is 0 Å². The van der Waals surface area contributed by atoms with Crippen LogP contribution in [0.1, 0.15) is 169 Å². The molecule has 0 aliphatic rings. The zero-order chi connectivity index (χ0) is 55.4. The van der Waals surface area contributed by atoms with Gasteiger partial charge in [-0.1, -0.05) is 85.1 Å². The number of Topliss-reactive ketones (excluding diaryl/α,β-unsaturated/α-hetero) is 2. The normalized spacial score (nSPS) is 13.4. The van der Waals surface area contributed by atoms with Crippen molar-refractivity contribution in [2.24, 2.45) is 11.7 Å². The van der Waals surface area contributed by atoms with E-state index in [0.29, 0.717) is 70.5 Å². The maximum Gasteiger partial charge on any atom is 0.329 e. The van der Waals surface area contributed by atoms with Gasteiger partial charge in [0.2, 0.25) is 5.91 Å². The number of ketones is 2. The van der Waals surface area contributed by atoms with Crippen LogP contribution < -0.4 is 21.7 Å². The van der Waals surface area contributed by atoms with E-state index in [4.69, 9.17) is 24.7 Å². The number of esters is 3. The molecular weight excluding hydrogens is 959 g/mol. The average molecular weight is 1050 g/mol. The molecule has 18 heteroatoms. The standard InChI is InChI=1S/C57H87N7O11/c1-55(2,3)73-50(67)32-31-47(53(70)75-57(7,8)9)61-54(71)60-46(52(69)74-56(4,5)6)29-20-21-34-64-39-44(62-63-64)40-72-35-22-12-10-11-19-28-45(65)38-43(36-41-24-15-13-16-25-41)51(68)59-48(49(66)30-23-33-58)37-42-26-17-14-18-27-42/h13-18,24-27,39,43,46-48H,10-12,19-23,28-38,40,58H2,1-9H3,(H,59,68)(H2,60,61,71)/t43-,46+,47+,48?/m1/s1. The minimum atomic E-state index is -1.19. The maximum atomic E-state index is 13.8. The van der Waals surface area contributed by atoms with Gasteiger partial charge in [-0.3, -0.25) is 23.9 Å². The highest BCUT2D eigenvalue weighted by molar-refractivity contribution is 5.92. The second-order valence-corrected chi connectivity index (χ2v) is 22.2. The fourth-order valence-corrected chi connectivity index (χ4v) is 7.99. The number of benzene rings is 2. The molecule has 4 atom stereocenters. The zero-order valence-corrected chi connectivity index (χ0v) is 46.2. The van der Waals surface area contributed by atoms with Gasteiger partial charge in [0.25, 0.3) is 0 Å². The molecule has 1 aromatic heterocycles. The van der Waals surface area contributed by atoms with Crippen LogP contribution in [0.4, 0.5) is 4.79 Å². The Morgan fingerprint density at radius 3 is 1.75 bits per heavy atom. The van der Waals surface area contributed by atoms with Crippen LogP contribution in [0.2, 0.25) is 0 Å². The van der Waals surface area contributed by atoms with E-state index in [9.17, 15) is 33.6 Å².